The SMILES string of the molecule is CCC1COCCN1c1cc(C(=O)O)cc(C(C)C)n1. The van der Waals surface area contributed by atoms with E-state index in [1.807, 2.05) is 13.8 Å². The van der Waals surface area contributed by atoms with Gasteiger partial charge in [0.2, 0.25) is 0 Å². The van der Waals surface area contributed by atoms with E-state index in [9.17, 15) is 9.90 Å². The second-order valence-corrected chi connectivity index (χ2v) is 5.43. The van der Waals surface area contributed by atoms with Crippen LogP contribution in [-0.2, 0) is 4.74 Å². The van der Waals surface area contributed by atoms with Crippen molar-refractivity contribution in [3.8, 4) is 0 Å². The normalized spacial score (nSPS) is 19.4. The van der Waals surface area contributed by atoms with Crippen molar-refractivity contribution in [1.82, 2.24) is 4.98 Å². The number of morpholine rings is 1. The highest BCUT2D eigenvalue weighted by Gasteiger charge is 2.24. The fraction of sp³-hybridized carbons (Fsp3) is 0.600. The molecule has 1 saturated heterocycles. The summed E-state index contributed by atoms with van der Waals surface area (Å²) in [6, 6.07) is 3.60. The lowest BCUT2D eigenvalue weighted by Crippen LogP contribution is -2.45. The maximum atomic E-state index is 11.3. The maximum absolute atomic E-state index is 11.3. The van der Waals surface area contributed by atoms with E-state index >= 15 is 0 Å². The van der Waals surface area contributed by atoms with Gasteiger partial charge in [0.05, 0.1) is 24.8 Å². The number of carboxylic acids is 1. The molecule has 20 heavy (non-hydrogen) atoms. The van der Waals surface area contributed by atoms with Crippen molar-refractivity contribution in [1.29, 1.82) is 0 Å². The van der Waals surface area contributed by atoms with Crippen molar-refractivity contribution in [3.05, 3.63) is 23.4 Å². The maximum Gasteiger partial charge on any atom is 0.335 e. The second-order valence-electron chi connectivity index (χ2n) is 5.43. The first-order valence-corrected chi connectivity index (χ1v) is 7.12. The highest BCUT2D eigenvalue weighted by molar-refractivity contribution is 5.88. The third-order valence-corrected chi connectivity index (χ3v) is 3.66. The van der Waals surface area contributed by atoms with Crippen molar-refractivity contribution >= 4 is 11.8 Å². The number of carboxylic acid groups (broad SMARTS) is 1. The van der Waals surface area contributed by atoms with E-state index < -0.39 is 5.97 Å². The molecule has 0 spiro atoms. The Morgan fingerprint density at radius 2 is 2.30 bits per heavy atom. The molecule has 0 aliphatic carbocycles. The van der Waals surface area contributed by atoms with Gasteiger partial charge in [0.1, 0.15) is 5.82 Å². The van der Waals surface area contributed by atoms with Crippen LogP contribution in [0.3, 0.4) is 0 Å². The molecule has 1 aliphatic rings. The van der Waals surface area contributed by atoms with E-state index in [1.54, 1.807) is 12.1 Å². The lowest BCUT2D eigenvalue weighted by atomic mass is 10.1. The Morgan fingerprint density at radius 3 is 2.90 bits per heavy atom. The molecule has 0 saturated carbocycles. The Morgan fingerprint density at radius 1 is 1.55 bits per heavy atom. The summed E-state index contributed by atoms with van der Waals surface area (Å²) in [7, 11) is 0. The van der Waals surface area contributed by atoms with E-state index in [1.165, 1.54) is 0 Å². The summed E-state index contributed by atoms with van der Waals surface area (Å²) in [5, 5.41) is 9.27. The standard InChI is InChI=1S/C15H22N2O3/c1-4-12-9-20-6-5-17(12)14-8-11(15(18)19)7-13(16-14)10(2)3/h7-8,10,12H,4-6,9H2,1-3H3,(H,18,19). The number of carbonyl (C=O) groups is 1. The molecule has 1 aromatic rings. The summed E-state index contributed by atoms with van der Waals surface area (Å²) < 4.78 is 5.49. The van der Waals surface area contributed by atoms with Crippen molar-refractivity contribution in [2.75, 3.05) is 24.7 Å². The summed E-state index contributed by atoms with van der Waals surface area (Å²) in [4.78, 5) is 18.1. The van der Waals surface area contributed by atoms with Crippen LogP contribution < -0.4 is 4.90 Å². The topological polar surface area (TPSA) is 62.7 Å². The van der Waals surface area contributed by atoms with Crippen LogP contribution in [0.4, 0.5) is 5.82 Å². The Kier molecular flexibility index (Phi) is 4.60. The molecule has 0 amide bonds. The molecule has 1 atom stereocenters. The summed E-state index contributed by atoms with van der Waals surface area (Å²) in [5.41, 5.74) is 1.13. The van der Waals surface area contributed by atoms with Gasteiger partial charge in [-0.05, 0) is 24.5 Å². The van der Waals surface area contributed by atoms with E-state index in [0.717, 1.165) is 24.5 Å². The smallest absolute Gasteiger partial charge is 0.335 e. The Balaban J connectivity index is 2.40. The zero-order valence-electron chi connectivity index (χ0n) is 12.3. The largest absolute Gasteiger partial charge is 0.478 e. The van der Waals surface area contributed by atoms with E-state index in [4.69, 9.17) is 4.74 Å². The van der Waals surface area contributed by atoms with Crippen LogP contribution in [0.15, 0.2) is 12.1 Å². The first-order chi connectivity index (χ1) is 9.52. The highest BCUT2D eigenvalue weighted by atomic mass is 16.5. The Labute approximate surface area is 119 Å². The number of aromatic carboxylic acids is 1. The van der Waals surface area contributed by atoms with Crippen LogP contribution >= 0.6 is 0 Å². The average molecular weight is 278 g/mol. The van der Waals surface area contributed by atoms with E-state index in [2.05, 4.69) is 16.8 Å². The molecule has 2 rings (SSSR count). The minimum Gasteiger partial charge on any atom is -0.478 e. The van der Waals surface area contributed by atoms with E-state index in [-0.39, 0.29) is 12.0 Å². The summed E-state index contributed by atoms with van der Waals surface area (Å²) in [6.45, 7) is 8.24. The van der Waals surface area contributed by atoms with Crippen LogP contribution in [0.1, 0.15) is 49.2 Å². The van der Waals surface area contributed by atoms with Crippen molar-refractivity contribution in [2.24, 2.45) is 0 Å². The van der Waals surface area contributed by atoms with Gasteiger partial charge in [-0.2, -0.15) is 0 Å². The van der Waals surface area contributed by atoms with Crippen molar-refractivity contribution < 1.29 is 14.6 Å². The van der Waals surface area contributed by atoms with Crippen molar-refractivity contribution in [2.45, 2.75) is 39.2 Å². The molecule has 0 bridgehead atoms. The monoisotopic (exact) mass is 278 g/mol. The third kappa shape index (κ3) is 3.10. The highest BCUT2D eigenvalue weighted by Crippen LogP contribution is 2.24. The lowest BCUT2D eigenvalue weighted by molar-refractivity contribution is 0.0696. The van der Waals surface area contributed by atoms with Gasteiger partial charge in [-0.15, -0.1) is 0 Å². The molecule has 5 nitrogen and oxygen atoms in total. The van der Waals surface area contributed by atoms with Crippen LogP contribution in [-0.4, -0.2) is 41.9 Å². The predicted octanol–water partition coefficient (Wildman–Crippen LogP) is 2.52. The molecule has 1 fully saturated rings. The fourth-order valence-electron chi connectivity index (χ4n) is 2.40. The van der Waals surface area contributed by atoms with Crippen LogP contribution in [0.2, 0.25) is 0 Å². The summed E-state index contributed by atoms with van der Waals surface area (Å²) in [6.07, 6.45) is 0.954. The lowest BCUT2D eigenvalue weighted by Gasteiger charge is -2.36. The number of hydrogen-bond donors (Lipinski definition) is 1. The van der Waals surface area contributed by atoms with Crippen LogP contribution in [0.5, 0.6) is 0 Å². The second kappa shape index (κ2) is 6.22. The van der Waals surface area contributed by atoms with E-state index in [0.29, 0.717) is 18.8 Å². The van der Waals surface area contributed by atoms with Gasteiger partial charge in [0, 0.05) is 12.2 Å². The minimum absolute atomic E-state index is 0.203. The minimum atomic E-state index is -0.906. The Hall–Kier alpha value is -1.62. The molecule has 1 aromatic heterocycles. The molecule has 1 N–H and O–H groups in total. The summed E-state index contributed by atoms with van der Waals surface area (Å²) >= 11 is 0. The van der Waals surface area contributed by atoms with Gasteiger partial charge in [-0.1, -0.05) is 20.8 Å². The quantitative estimate of drug-likeness (QED) is 0.917. The first-order valence-electron chi connectivity index (χ1n) is 7.12. The van der Waals surface area contributed by atoms with Crippen LogP contribution in [0, 0.1) is 0 Å². The Bertz CT molecular complexity index is 488. The van der Waals surface area contributed by atoms with Crippen LogP contribution in [0.25, 0.3) is 0 Å². The molecule has 1 aliphatic heterocycles. The number of hydrogen-bond acceptors (Lipinski definition) is 4. The molecule has 0 aromatic carbocycles. The number of anilines is 1. The number of aromatic nitrogens is 1. The molecule has 1 unspecified atom stereocenters. The number of pyridine rings is 1. The molecule has 2 heterocycles. The van der Waals surface area contributed by atoms with Gasteiger partial charge in [0.15, 0.2) is 0 Å². The first kappa shape index (κ1) is 14.8. The predicted molar refractivity (Wildman–Crippen MR) is 77.5 cm³/mol. The van der Waals surface area contributed by atoms with Gasteiger partial charge in [0.25, 0.3) is 0 Å². The molecule has 0 radical (unpaired) electrons. The molecule has 110 valence electrons. The summed E-state index contributed by atoms with van der Waals surface area (Å²) in [5.74, 6) is 0.0507. The number of ether oxygens (including phenoxy) is 1. The van der Waals surface area contributed by atoms with Gasteiger partial charge in [-0.25, -0.2) is 9.78 Å². The molecular formula is C15H22N2O3. The third-order valence-electron chi connectivity index (χ3n) is 3.66. The van der Waals surface area contributed by atoms with Gasteiger partial charge < -0.3 is 14.7 Å². The van der Waals surface area contributed by atoms with Crippen molar-refractivity contribution in [3.63, 3.8) is 0 Å². The number of nitrogens with zero attached hydrogens (tertiary/aromatic N) is 2. The van der Waals surface area contributed by atoms with Gasteiger partial charge >= 0.3 is 5.97 Å². The zero-order chi connectivity index (χ0) is 14.7. The molecule has 5 heteroatoms. The average Bonchev–Trinajstić information content (AvgIpc) is 2.46. The molecular weight excluding hydrogens is 256 g/mol. The zero-order valence-corrected chi connectivity index (χ0v) is 12.3. The number of rotatable bonds is 4. The van der Waals surface area contributed by atoms with Gasteiger partial charge in [-0.3, -0.25) is 0 Å². The fourth-order valence-corrected chi connectivity index (χ4v) is 2.40.